The van der Waals surface area contributed by atoms with E-state index >= 15 is 0 Å². The lowest BCUT2D eigenvalue weighted by Crippen LogP contribution is -2.23. The van der Waals surface area contributed by atoms with Crippen LogP contribution in [0.5, 0.6) is 17.2 Å². The minimum Gasteiger partial charge on any atom is -0.496 e. The van der Waals surface area contributed by atoms with Crippen molar-refractivity contribution in [3.8, 4) is 22.9 Å². The Morgan fingerprint density at radius 3 is 2.07 bits per heavy atom. The van der Waals surface area contributed by atoms with Gasteiger partial charge in [-0.25, -0.2) is 0 Å². The van der Waals surface area contributed by atoms with Gasteiger partial charge in [0.25, 0.3) is 5.91 Å². The molecule has 1 amide bonds. The van der Waals surface area contributed by atoms with Crippen molar-refractivity contribution in [2.24, 2.45) is 0 Å². The highest BCUT2D eigenvalue weighted by atomic mass is 16.5. The number of carbonyl (C=O) groups is 1. The summed E-state index contributed by atoms with van der Waals surface area (Å²) in [5, 5.41) is 2.91. The van der Waals surface area contributed by atoms with E-state index in [-0.39, 0.29) is 5.91 Å². The monoisotopic (exact) mass is 366 g/mol. The van der Waals surface area contributed by atoms with Gasteiger partial charge in [-0.05, 0) is 42.5 Å². The van der Waals surface area contributed by atoms with Crippen LogP contribution in [0.15, 0.2) is 60.9 Å². The molecule has 0 fully saturated rings. The maximum absolute atomic E-state index is 12.5. The quantitative estimate of drug-likeness (QED) is 0.696. The van der Waals surface area contributed by atoms with Gasteiger partial charge in [0.15, 0.2) is 11.5 Å². The summed E-state index contributed by atoms with van der Waals surface area (Å²) in [4.78, 5) is 12.5. The van der Waals surface area contributed by atoms with Crippen molar-refractivity contribution in [3.05, 3.63) is 72.1 Å². The van der Waals surface area contributed by atoms with Gasteiger partial charge in [0.05, 0.1) is 21.3 Å². The molecule has 0 atom stereocenters. The van der Waals surface area contributed by atoms with Gasteiger partial charge in [-0.1, -0.05) is 0 Å². The molecule has 6 heteroatoms. The lowest BCUT2D eigenvalue weighted by Gasteiger charge is -2.14. The van der Waals surface area contributed by atoms with Crippen molar-refractivity contribution in [3.63, 3.8) is 0 Å². The molecule has 0 aliphatic carbocycles. The molecule has 0 unspecified atom stereocenters. The van der Waals surface area contributed by atoms with Crippen molar-refractivity contribution >= 4 is 5.91 Å². The van der Waals surface area contributed by atoms with Crippen LogP contribution in [-0.4, -0.2) is 31.8 Å². The van der Waals surface area contributed by atoms with E-state index in [9.17, 15) is 4.79 Å². The van der Waals surface area contributed by atoms with Crippen LogP contribution in [0.25, 0.3) is 5.69 Å². The lowest BCUT2D eigenvalue weighted by molar-refractivity contribution is 0.0950. The maximum Gasteiger partial charge on any atom is 0.251 e. The Balaban J connectivity index is 1.72. The smallest absolute Gasteiger partial charge is 0.251 e. The number of amides is 1. The van der Waals surface area contributed by atoms with Crippen LogP contribution >= 0.6 is 0 Å². The zero-order valence-electron chi connectivity index (χ0n) is 15.6. The van der Waals surface area contributed by atoms with Crippen molar-refractivity contribution in [1.82, 2.24) is 9.88 Å². The zero-order valence-corrected chi connectivity index (χ0v) is 15.6. The van der Waals surface area contributed by atoms with Crippen LogP contribution in [-0.2, 0) is 6.54 Å². The molecule has 0 radical (unpaired) electrons. The fourth-order valence-corrected chi connectivity index (χ4v) is 2.80. The molecule has 2 aromatic carbocycles. The van der Waals surface area contributed by atoms with Gasteiger partial charge in [-0.3, -0.25) is 4.79 Å². The maximum atomic E-state index is 12.5. The number of carbonyl (C=O) groups excluding carboxylic acids is 1. The normalized spacial score (nSPS) is 10.3. The zero-order chi connectivity index (χ0) is 19.2. The third kappa shape index (κ3) is 4.06. The molecule has 0 aliphatic heterocycles. The summed E-state index contributed by atoms with van der Waals surface area (Å²) in [5.74, 6) is 1.62. The Kier molecular flexibility index (Phi) is 5.66. The lowest BCUT2D eigenvalue weighted by atomic mass is 10.1. The van der Waals surface area contributed by atoms with Crippen LogP contribution in [0.1, 0.15) is 15.9 Å². The molecule has 3 rings (SSSR count). The van der Waals surface area contributed by atoms with Gasteiger partial charge in [0.2, 0.25) is 0 Å². The highest BCUT2D eigenvalue weighted by Crippen LogP contribution is 2.34. The third-order valence-corrected chi connectivity index (χ3v) is 4.26. The van der Waals surface area contributed by atoms with E-state index in [4.69, 9.17) is 14.2 Å². The number of nitrogens with one attached hydrogen (secondary N) is 1. The number of nitrogens with zero attached hydrogens (tertiary/aromatic N) is 1. The number of methoxy groups -OCH3 is 3. The Hall–Kier alpha value is -3.41. The largest absolute Gasteiger partial charge is 0.496 e. The Labute approximate surface area is 158 Å². The minimum atomic E-state index is -0.161. The second-order valence-electron chi connectivity index (χ2n) is 5.84. The van der Waals surface area contributed by atoms with E-state index in [1.54, 1.807) is 45.6 Å². The molecule has 140 valence electrons. The molecule has 0 aliphatic rings. The Morgan fingerprint density at radius 1 is 0.889 bits per heavy atom. The molecule has 0 saturated carbocycles. The second-order valence-corrected chi connectivity index (χ2v) is 5.84. The van der Waals surface area contributed by atoms with Crippen LogP contribution in [0.4, 0.5) is 0 Å². The molecular formula is C21H22N2O4. The average molecular weight is 366 g/mol. The highest BCUT2D eigenvalue weighted by Gasteiger charge is 2.13. The predicted octanol–water partition coefficient (Wildman–Crippen LogP) is 3.43. The Bertz CT molecular complexity index is 903. The van der Waals surface area contributed by atoms with Gasteiger partial charge < -0.3 is 24.1 Å². The number of benzene rings is 2. The summed E-state index contributed by atoms with van der Waals surface area (Å²) in [7, 11) is 4.71. The molecule has 1 N–H and O–H groups in total. The van der Waals surface area contributed by atoms with Crippen LogP contribution in [0.3, 0.4) is 0 Å². The van der Waals surface area contributed by atoms with Gasteiger partial charge in [0, 0.05) is 41.8 Å². The number of ether oxygens (including phenoxy) is 3. The fraction of sp³-hybridized carbons (Fsp3) is 0.190. The predicted molar refractivity (Wildman–Crippen MR) is 103 cm³/mol. The summed E-state index contributed by atoms with van der Waals surface area (Å²) in [6, 6.07) is 14.9. The SMILES string of the molecule is COc1cc(OC)c(OC)cc1CNC(=O)c1ccc(-n2cccc2)cc1. The van der Waals surface area contributed by atoms with Gasteiger partial charge in [-0.2, -0.15) is 0 Å². The molecule has 1 aromatic heterocycles. The van der Waals surface area contributed by atoms with Crippen LogP contribution in [0, 0.1) is 0 Å². The first-order chi connectivity index (χ1) is 13.2. The van der Waals surface area contributed by atoms with Crippen LogP contribution < -0.4 is 19.5 Å². The summed E-state index contributed by atoms with van der Waals surface area (Å²) >= 11 is 0. The standard InChI is InChI=1S/C21H22N2O4/c1-25-18-13-20(27-3)19(26-2)12-16(18)14-22-21(24)15-6-8-17(9-7-15)23-10-4-5-11-23/h4-13H,14H2,1-3H3,(H,22,24). The number of hydrogen-bond donors (Lipinski definition) is 1. The Morgan fingerprint density at radius 2 is 1.48 bits per heavy atom. The molecule has 1 heterocycles. The van der Waals surface area contributed by atoms with Gasteiger partial charge in [0.1, 0.15) is 5.75 Å². The summed E-state index contributed by atoms with van der Waals surface area (Å²) in [6.07, 6.45) is 3.91. The van der Waals surface area contributed by atoms with E-state index < -0.39 is 0 Å². The molecule has 27 heavy (non-hydrogen) atoms. The van der Waals surface area contributed by atoms with E-state index in [2.05, 4.69) is 5.32 Å². The first-order valence-electron chi connectivity index (χ1n) is 8.46. The van der Waals surface area contributed by atoms with Crippen molar-refractivity contribution < 1.29 is 19.0 Å². The third-order valence-electron chi connectivity index (χ3n) is 4.26. The first kappa shape index (κ1) is 18.4. The molecular weight excluding hydrogens is 344 g/mol. The topological polar surface area (TPSA) is 61.7 Å². The van der Waals surface area contributed by atoms with Crippen LogP contribution in [0.2, 0.25) is 0 Å². The van der Waals surface area contributed by atoms with Crippen molar-refractivity contribution in [1.29, 1.82) is 0 Å². The van der Waals surface area contributed by atoms with E-state index in [1.165, 1.54) is 0 Å². The number of rotatable bonds is 7. The van der Waals surface area contributed by atoms with E-state index in [0.29, 0.717) is 29.4 Å². The first-order valence-corrected chi connectivity index (χ1v) is 8.46. The molecule has 0 spiro atoms. The number of aromatic nitrogens is 1. The highest BCUT2D eigenvalue weighted by molar-refractivity contribution is 5.94. The average Bonchev–Trinajstić information content (AvgIpc) is 3.26. The van der Waals surface area contributed by atoms with E-state index in [0.717, 1.165) is 11.3 Å². The second kappa shape index (κ2) is 8.31. The van der Waals surface area contributed by atoms with E-state index in [1.807, 2.05) is 41.2 Å². The van der Waals surface area contributed by atoms with Gasteiger partial charge >= 0.3 is 0 Å². The summed E-state index contributed by atoms with van der Waals surface area (Å²) in [6.45, 7) is 0.307. The fourth-order valence-electron chi connectivity index (χ4n) is 2.80. The van der Waals surface area contributed by atoms with Crippen molar-refractivity contribution in [2.45, 2.75) is 6.54 Å². The number of hydrogen-bond acceptors (Lipinski definition) is 4. The van der Waals surface area contributed by atoms with Gasteiger partial charge in [-0.15, -0.1) is 0 Å². The minimum absolute atomic E-state index is 0.161. The van der Waals surface area contributed by atoms with Crippen molar-refractivity contribution in [2.75, 3.05) is 21.3 Å². The molecule has 6 nitrogen and oxygen atoms in total. The summed E-state index contributed by atoms with van der Waals surface area (Å²) < 4.78 is 18.0. The summed E-state index contributed by atoms with van der Waals surface area (Å²) in [5.41, 5.74) is 2.39. The molecule has 0 bridgehead atoms. The molecule has 0 saturated heterocycles. The molecule has 3 aromatic rings.